The number of nitrogen functional groups attached to an aromatic ring is 1. The van der Waals surface area contributed by atoms with Crippen molar-refractivity contribution in [3.8, 4) is 5.75 Å². The smallest absolute Gasteiger partial charge is 0.188 e. The van der Waals surface area contributed by atoms with Crippen LogP contribution in [-0.2, 0) is 4.89 Å². The number of hydrogen-bond acceptors (Lipinski definition) is 3. The largest absolute Gasteiger partial charge is 0.395 e. The van der Waals surface area contributed by atoms with Crippen molar-refractivity contribution in [1.82, 2.24) is 0 Å². The maximum Gasteiger partial charge on any atom is 0.188 e. The van der Waals surface area contributed by atoms with Crippen LogP contribution in [-0.4, -0.2) is 7.11 Å². The lowest BCUT2D eigenvalue weighted by Gasteiger charge is -2.07. The average molecular weight is 189 g/mol. The zero-order valence-electron chi connectivity index (χ0n) is 7.86. The first-order chi connectivity index (χ1) is 6.83. The van der Waals surface area contributed by atoms with Gasteiger partial charge in [-0.1, -0.05) is 30.3 Å². The molecule has 0 aromatic heterocycles. The third-order valence-corrected chi connectivity index (χ3v) is 2.10. The zero-order chi connectivity index (χ0) is 9.97. The lowest BCUT2D eigenvalue weighted by Crippen LogP contribution is -1.96. The van der Waals surface area contributed by atoms with Gasteiger partial charge in [0.25, 0.3) is 0 Å². The van der Waals surface area contributed by atoms with Crippen molar-refractivity contribution in [3.63, 3.8) is 0 Å². The molecule has 0 radical (unpaired) electrons. The topological polar surface area (TPSA) is 44.5 Å². The second-order valence-corrected chi connectivity index (χ2v) is 2.95. The van der Waals surface area contributed by atoms with E-state index in [1.165, 1.54) is 7.11 Å². The van der Waals surface area contributed by atoms with E-state index in [1.807, 2.05) is 30.3 Å². The normalized spacial score (nSPS) is 10.4. The Kier molecular flexibility index (Phi) is 2.24. The molecule has 2 rings (SSSR count). The Balaban J connectivity index is 2.63. The maximum atomic E-state index is 5.90. The maximum absolute atomic E-state index is 5.90. The molecule has 0 unspecified atom stereocenters. The van der Waals surface area contributed by atoms with E-state index in [0.717, 1.165) is 10.8 Å². The molecule has 0 saturated carbocycles. The highest BCUT2D eigenvalue weighted by Gasteiger charge is 2.04. The molecule has 3 heteroatoms. The summed E-state index contributed by atoms with van der Waals surface area (Å²) in [5, 5.41) is 2.07. The highest BCUT2D eigenvalue weighted by molar-refractivity contribution is 5.95. The summed E-state index contributed by atoms with van der Waals surface area (Å²) < 4.78 is 0. The number of hydrogen-bond donors (Lipinski definition) is 1. The molecule has 0 aliphatic carbocycles. The van der Waals surface area contributed by atoms with Crippen LogP contribution in [0.2, 0.25) is 0 Å². The average Bonchev–Trinajstić information content (AvgIpc) is 2.23. The summed E-state index contributed by atoms with van der Waals surface area (Å²) in [6.45, 7) is 0. The quantitative estimate of drug-likeness (QED) is 0.448. The first kappa shape index (κ1) is 8.84. The molecule has 14 heavy (non-hydrogen) atoms. The van der Waals surface area contributed by atoms with Crippen LogP contribution in [0.3, 0.4) is 0 Å². The first-order valence-electron chi connectivity index (χ1n) is 4.31. The number of benzene rings is 2. The Bertz CT molecular complexity index is 454. The van der Waals surface area contributed by atoms with Crippen molar-refractivity contribution in [2.45, 2.75) is 0 Å². The van der Waals surface area contributed by atoms with E-state index in [1.54, 1.807) is 6.07 Å². The van der Waals surface area contributed by atoms with E-state index >= 15 is 0 Å². The van der Waals surface area contributed by atoms with Gasteiger partial charge < -0.3 is 10.6 Å². The molecule has 0 spiro atoms. The van der Waals surface area contributed by atoms with E-state index in [0.29, 0.717) is 11.4 Å². The fourth-order valence-corrected chi connectivity index (χ4v) is 1.44. The zero-order valence-corrected chi connectivity index (χ0v) is 7.86. The highest BCUT2D eigenvalue weighted by Crippen LogP contribution is 2.30. The summed E-state index contributed by atoms with van der Waals surface area (Å²) in [6.07, 6.45) is 0. The molecule has 0 heterocycles. The van der Waals surface area contributed by atoms with Gasteiger partial charge in [-0.05, 0) is 11.5 Å². The lowest BCUT2D eigenvalue weighted by atomic mass is 10.1. The minimum Gasteiger partial charge on any atom is -0.395 e. The molecule has 0 bridgehead atoms. The summed E-state index contributed by atoms with van der Waals surface area (Å²) in [5.74, 6) is 0.547. The third-order valence-electron chi connectivity index (χ3n) is 2.10. The van der Waals surface area contributed by atoms with Crippen molar-refractivity contribution in [3.05, 3.63) is 36.4 Å². The summed E-state index contributed by atoms with van der Waals surface area (Å²) in [5.41, 5.74) is 6.50. The van der Waals surface area contributed by atoms with E-state index in [-0.39, 0.29) is 0 Å². The van der Waals surface area contributed by atoms with Crippen LogP contribution in [0.25, 0.3) is 10.8 Å². The van der Waals surface area contributed by atoms with Crippen molar-refractivity contribution >= 4 is 16.5 Å². The minimum atomic E-state index is 0.547. The highest BCUT2D eigenvalue weighted by atomic mass is 17.2. The molecule has 2 aromatic carbocycles. The Hall–Kier alpha value is -1.74. The third kappa shape index (κ3) is 1.38. The SMILES string of the molecule is COOc1ccc2ccccc2c1N. The predicted molar refractivity (Wildman–Crippen MR) is 56.0 cm³/mol. The summed E-state index contributed by atoms with van der Waals surface area (Å²) in [7, 11) is 1.45. The summed E-state index contributed by atoms with van der Waals surface area (Å²) in [6, 6.07) is 11.6. The molecule has 2 aromatic rings. The standard InChI is InChI=1S/C11H11NO2/c1-13-14-10-7-6-8-4-2-3-5-9(8)11(10)12/h2-7H,12H2,1H3. The second kappa shape index (κ2) is 3.55. The molecule has 72 valence electrons. The van der Waals surface area contributed by atoms with E-state index < -0.39 is 0 Å². The van der Waals surface area contributed by atoms with E-state index in [9.17, 15) is 0 Å². The molecule has 0 saturated heterocycles. The van der Waals surface area contributed by atoms with Gasteiger partial charge in [-0.3, -0.25) is 0 Å². The molecule has 0 amide bonds. The van der Waals surface area contributed by atoms with Crippen LogP contribution in [0.15, 0.2) is 36.4 Å². The van der Waals surface area contributed by atoms with Gasteiger partial charge in [0.2, 0.25) is 0 Å². The summed E-state index contributed by atoms with van der Waals surface area (Å²) >= 11 is 0. The molecule has 0 aliphatic rings. The van der Waals surface area contributed by atoms with Crippen molar-refractivity contribution in [2.24, 2.45) is 0 Å². The fourth-order valence-electron chi connectivity index (χ4n) is 1.44. The predicted octanol–water partition coefficient (Wildman–Crippen LogP) is 2.36. The molecule has 0 fully saturated rings. The number of anilines is 1. The van der Waals surface area contributed by atoms with Crippen LogP contribution in [0.5, 0.6) is 5.75 Å². The Morgan fingerprint density at radius 2 is 1.86 bits per heavy atom. The van der Waals surface area contributed by atoms with Crippen LogP contribution >= 0.6 is 0 Å². The molecular weight excluding hydrogens is 178 g/mol. The number of fused-ring (bicyclic) bond motifs is 1. The van der Waals surface area contributed by atoms with Crippen LogP contribution in [0.4, 0.5) is 5.69 Å². The Morgan fingerprint density at radius 3 is 2.64 bits per heavy atom. The monoisotopic (exact) mass is 189 g/mol. The molecule has 0 aliphatic heterocycles. The van der Waals surface area contributed by atoms with Crippen LogP contribution in [0.1, 0.15) is 0 Å². The van der Waals surface area contributed by atoms with Gasteiger partial charge in [0.05, 0.1) is 12.8 Å². The number of nitrogens with two attached hydrogens (primary N) is 1. The molecular formula is C11H11NO2. The van der Waals surface area contributed by atoms with Gasteiger partial charge in [-0.15, -0.1) is 0 Å². The van der Waals surface area contributed by atoms with Gasteiger partial charge in [0, 0.05) is 5.39 Å². The first-order valence-corrected chi connectivity index (χ1v) is 4.31. The van der Waals surface area contributed by atoms with Gasteiger partial charge in [-0.2, -0.15) is 4.89 Å². The van der Waals surface area contributed by atoms with Gasteiger partial charge in [0.15, 0.2) is 5.75 Å². The Labute approximate surface area is 82.0 Å². The molecule has 2 N–H and O–H groups in total. The van der Waals surface area contributed by atoms with Gasteiger partial charge >= 0.3 is 0 Å². The Morgan fingerprint density at radius 1 is 1.07 bits per heavy atom. The van der Waals surface area contributed by atoms with E-state index in [4.69, 9.17) is 10.6 Å². The molecule has 0 atom stereocenters. The van der Waals surface area contributed by atoms with Crippen molar-refractivity contribution < 1.29 is 9.78 Å². The molecule has 3 nitrogen and oxygen atoms in total. The van der Waals surface area contributed by atoms with Crippen molar-refractivity contribution in [2.75, 3.05) is 12.8 Å². The second-order valence-electron chi connectivity index (χ2n) is 2.95. The van der Waals surface area contributed by atoms with Gasteiger partial charge in [0.1, 0.15) is 0 Å². The van der Waals surface area contributed by atoms with Crippen LogP contribution in [0, 0.1) is 0 Å². The fraction of sp³-hybridized carbons (Fsp3) is 0.0909. The lowest BCUT2D eigenvalue weighted by molar-refractivity contribution is -0.177. The minimum absolute atomic E-state index is 0.547. The van der Waals surface area contributed by atoms with Gasteiger partial charge in [-0.25, -0.2) is 0 Å². The number of rotatable bonds is 2. The van der Waals surface area contributed by atoms with E-state index in [2.05, 4.69) is 4.89 Å². The van der Waals surface area contributed by atoms with Crippen LogP contribution < -0.4 is 10.6 Å². The van der Waals surface area contributed by atoms with Crippen molar-refractivity contribution in [1.29, 1.82) is 0 Å². The summed E-state index contributed by atoms with van der Waals surface area (Å²) in [4.78, 5) is 9.50.